The summed E-state index contributed by atoms with van der Waals surface area (Å²) < 4.78 is 10.7. The fraction of sp³-hybridized carbons (Fsp3) is 0.619. The number of carbonyl (C=O) groups is 2. The molecule has 1 aromatic rings. The van der Waals surface area contributed by atoms with Crippen LogP contribution in [0.5, 0.6) is 5.75 Å². The molecule has 0 atom stereocenters. The van der Waals surface area contributed by atoms with Crippen LogP contribution in [0.1, 0.15) is 37.8 Å². The van der Waals surface area contributed by atoms with Gasteiger partial charge in [0.2, 0.25) is 5.91 Å². The van der Waals surface area contributed by atoms with Crippen molar-refractivity contribution in [3.63, 3.8) is 0 Å². The molecule has 1 fully saturated rings. The van der Waals surface area contributed by atoms with E-state index < -0.39 is 0 Å². The predicted octanol–water partition coefficient (Wildman–Crippen LogP) is 2.25. The first-order valence-corrected chi connectivity index (χ1v) is 10.0. The van der Waals surface area contributed by atoms with Crippen molar-refractivity contribution in [3.05, 3.63) is 29.3 Å². The summed E-state index contributed by atoms with van der Waals surface area (Å²) in [5.74, 6) is 0.863. The van der Waals surface area contributed by atoms with Crippen LogP contribution in [0.2, 0.25) is 0 Å². The monoisotopic (exact) mass is 374 g/mol. The SMILES string of the molecule is CCOC(=O)C1CCN(C(=O)CN2CCc3ccc(OCC)cc3C2)CC1. The number of piperidine rings is 1. The predicted molar refractivity (Wildman–Crippen MR) is 103 cm³/mol. The van der Waals surface area contributed by atoms with E-state index in [2.05, 4.69) is 17.0 Å². The molecule has 0 aromatic heterocycles. The first kappa shape index (κ1) is 19.7. The van der Waals surface area contributed by atoms with Crippen LogP contribution in [0.15, 0.2) is 18.2 Å². The molecule has 0 radical (unpaired) electrons. The van der Waals surface area contributed by atoms with Gasteiger partial charge in [-0.3, -0.25) is 14.5 Å². The smallest absolute Gasteiger partial charge is 0.309 e. The Kier molecular flexibility index (Phi) is 6.72. The number of esters is 1. The molecule has 2 aliphatic rings. The fourth-order valence-corrected chi connectivity index (χ4v) is 3.90. The Balaban J connectivity index is 1.50. The lowest BCUT2D eigenvalue weighted by Gasteiger charge is -2.34. The standard InChI is InChI=1S/C21H30N2O4/c1-3-26-19-6-5-16-7-10-22(14-18(16)13-19)15-20(24)23-11-8-17(9-12-23)21(25)27-4-2/h5-6,13,17H,3-4,7-12,14-15H2,1-2H3. The maximum absolute atomic E-state index is 12.7. The van der Waals surface area contributed by atoms with Crippen LogP contribution in [0.25, 0.3) is 0 Å². The summed E-state index contributed by atoms with van der Waals surface area (Å²) in [6, 6.07) is 6.26. The maximum Gasteiger partial charge on any atom is 0.309 e. The lowest BCUT2D eigenvalue weighted by Crippen LogP contribution is -2.46. The van der Waals surface area contributed by atoms with Crippen molar-refractivity contribution in [2.75, 3.05) is 39.4 Å². The Morgan fingerprint density at radius 3 is 2.56 bits per heavy atom. The van der Waals surface area contributed by atoms with Gasteiger partial charge in [-0.1, -0.05) is 6.07 Å². The van der Waals surface area contributed by atoms with E-state index in [1.807, 2.05) is 24.8 Å². The first-order chi connectivity index (χ1) is 13.1. The third-order valence-corrected chi connectivity index (χ3v) is 5.41. The number of ether oxygens (including phenoxy) is 2. The number of rotatable bonds is 6. The van der Waals surface area contributed by atoms with E-state index >= 15 is 0 Å². The van der Waals surface area contributed by atoms with Crippen molar-refractivity contribution in [3.8, 4) is 5.75 Å². The molecule has 0 N–H and O–H groups in total. The normalized spacial score (nSPS) is 18.1. The molecule has 1 aromatic carbocycles. The Hall–Kier alpha value is -2.08. The maximum atomic E-state index is 12.7. The topological polar surface area (TPSA) is 59.1 Å². The highest BCUT2D eigenvalue weighted by Crippen LogP contribution is 2.24. The largest absolute Gasteiger partial charge is 0.494 e. The number of fused-ring (bicyclic) bond motifs is 1. The molecule has 2 heterocycles. The number of hydrogen-bond donors (Lipinski definition) is 0. The van der Waals surface area contributed by atoms with E-state index in [-0.39, 0.29) is 17.8 Å². The van der Waals surface area contributed by atoms with Gasteiger partial charge in [0.1, 0.15) is 5.75 Å². The molecule has 0 unspecified atom stereocenters. The van der Waals surface area contributed by atoms with E-state index in [4.69, 9.17) is 9.47 Å². The lowest BCUT2D eigenvalue weighted by molar-refractivity contribution is -0.151. The van der Waals surface area contributed by atoms with Gasteiger partial charge in [-0.05, 0) is 56.4 Å². The average Bonchev–Trinajstić information content (AvgIpc) is 2.68. The van der Waals surface area contributed by atoms with Crippen molar-refractivity contribution in [2.45, 2.75) is 39.7 Å². The molecular formula is C21H30N2O4. The van der Waals surface area contributed by atoms with Crippen molar-refractivity contribution in [1.82, 2.24) is 9.80 Å². The van der Waals surface area contributed by atoms with Gasteiger partial charge in [0.15, 0.2) is 0 Å². The third-order valence-electron chi connectivity index (χ3n) is 5.41. The number of nitrogens with zero attached hydrogens (tertiary/aromatic N) is 2. The summed E-state index contributed by atoms with van der Waals surface area (Å²) in [5, 5.41) is 0. The van der Waals surface area contributed by atoms with Crippen molar-refractivity contribution in [2.24, 2.45) is 5.92 Å². The van der Waals surface area contributed by atoms with Gasteiger partial charge >= 0.3 is 5.97 Å². The van der Waals surface area contributed by atoms with Crippen molar-refractivity contribution >= 4 is 11.9 Å². The second kappa shape index (κ2) is 9.22. The minimum absolute atomic E-state index is 0.0622. The molecule has 0 bridgehead atoms. The zero-order chi connectivity index (χ0) is 19.2. The molecule has 1 amide bonds. The Bertz CT molecular complexity index is 668. The van der Waals surface area contributed by atoms with Gasteiger partial charge in [0.25, 0.3) is 0 Å². The zero-order valence-corrected chi connectivity index (χ0v) is 16.4. The van der Waals surface area contributed by atoms with Crippen LogP contribution in [0, 0.1) is 5.92 Å². The quantitative estimate of drug-likeness (QED) is 0.715. The molecule has 6 nitrogen and oxygen atoms in total. The van der Waals surface area contributed by atoms with Crippen LogP contribution >= 0.6 is 0 Å². The lowest BCUT2D eigenvalue weighted by atomic mass is 9.96. The highest BCUT2D eigenvalue weighted by molar-refractivity contribution is 5.79. The van der Waals surface area contributed by atoms with Gasteiger partial charge in [0.05, 0.1) is 25.7 Å². The highest BCUT2D eigenvalue weighted by atomic mass is 16.5. The average molecular weight is 374 g/mol. The van der Waals surface area contributed by atoms with Crippen LogP contribution in [-0.2, 0) is 27.3 Å². The van der Waals surface area contributed by atoms with Gasteiger partial charge in [-0.15, -0.1) is 0 Å². The number of carbonyl (C=O) groups excluding carboxylic acids is 2. The zero-order valence-electron chi connectivity index (χ0n) is 16.4. The number of likely N-dealkylation sites (tertiary alicyclic amines) is 1. The molecule has 27 heavy (non-hydrogen) atoms. The van der Waals surface area contributed by atoms with Crippen LogP contribution < -0.4 is 4.74 Å². The summed E-state index contributed by atoms with van der Waals surface area (Å²) in [4.78, 5) is 28.6. The molecule has 0 spiro atoms. The number of amides is 1. The molecule has 6 heteroatoms. The van der Waals surface area contributed by atoms with E-state index in [1.165, 1.54) is 11.1 Å². The summed E-state index contributed by atoms with van der Waals surface area (Å²) in [7, 11) is 0. The second-order valence-electron chi connectivity index (χ2n) is 7.23. The van der Waals surface area contributed by atoms with E-state index in [9.17, 15) is 9.59 Å². The summed E-state index contributed by atoms with van der Waals surface area (Å²) in [5.41, 5.74) is 2.60. The van der Waals surface area contributed by atoms with Gasteiger partial charge in [0, 0.05) is 26.2 Å². The molecule has 148 valence electrons. The molecule has 1 saturated heterocycles. The molecule has 3 rings (SSSR count). The Morgan fingerprint density at radius 2 is 1.85 bits per heavy atom. The highest BCUT2D eigenvalue weighted by Gasteiger charge is 2.29. The van der Waals surface area contributed by atoms with Crippen molar-refractivity contribution < 1.29 is 19.1 Å². The Morgan fingerprint density at radius 1 is 1.07 bits per heavy atom. The number of hydrogen-bond acceptors (Lipinski definition) is 5. The first-order valence-electron chi connectivity index (χ1n) is 10.0. The summed E-state index contributed by atoms with van der Waals surface area (Å²) in [6.07, 6.45) is 2.36. The fourth-order valence-electron chi connectivity index (χ4n) is 3.90. The third kappa shape index (κ3) is 5.01. The van der Waals surface area contributed by atoms with E-state index in [0.717, 1.165) is 25.3 Å². The minimum Gasteiger partial charge on any atom is -0.494 e. The van der Waals surface area contributed by atoms with Gasteiger partial charge < -0.3 is 14.4 Å². The second-order valence-corrected chi connectivity index (χ2v) is 7.23. The molecule has 2 aliphatic heterocycles. The molecule has 0 aliphatic carbocycles. The van der Waals surface area contributed by atoms with E-state index in [0.29, 0.717) is 45.7 Å². The van der Waals surface area contributed by atoms with E-state index in [1.54, 1.807) is 0 Å². The minimum atomic E-state index is -0.123. The van der Waals surface area contributed by atoms with Gasteiger partial charge in [-0.2, -0.15) is 0 Å². The van der Waals surface area contributed by atoms with Crippen LogP contribution in [0.3, 0.4) is 0 Å². The summed E-state index contributed by atoms with van der Waals surface area (Å²) in [6.45, 7) is 8.26. The molecular weight excluding hydrogens is 344 g/mol. The van der Waals surface area contributed by atoms with Gasteiger partial charge in [-0.25, -0.2) is 0 Å². The number of benzene rings is 1. The van der Waals surface area contributed by atoms with Crippen LogP contribution in [-0.4, -0.2) is 61.1 Å². The Labute approximate surface area is 161 Å². The molecule has 0 saturated carbocycles. The van der Waals surface area contributed by atoms with Crippen molar-refractivity contribution in [1.29, 1.82) is 0 Å². The summed E-state index contributed by atoms with van der Waals surface area (Å²) >= 11 is 0. The van der Waals surface area contributed by atoms with Crippen LogP contribution in [0.4, 0.5) is 0 Å².